The average Bonchev–Trinajstić information content (AvgIpc) is 2.65. The molecule has 0 radical (unpaired) electrons. The number of aromatic nitrogens is 2. The molecule has 2 rings (SSSR count). The van der Waals surface area contributed by atoms with Crippen molar-refractivity contribution in [1.82, 2.24) is 9.97 Å². The molecule has 0 saturated heterocycles. The van der Waals surface area contributed by atoms with Crippen LogP contribution in [-0.4, -0.2) is 15.9 Å². The second-order valence-corrected chi connectivity index (χ2v) is 4.79. The van der Waals surface area contributed by atoms with Crippen LogP contribution in [0.4, 0.5) is 5.13 Å². The lowest BCUT2D eigenvalue weighted by Gasteiger charge is -2.00. The molecule has 4 nitrogen and oxygen atoms in total. The van der Waals surface area contributed by atoms with Gasteiger partial charge in [0.25, 0.3) is 5.91 Å². The fraction of sp³-hybridized carbons (Fsp3) is 0.100. The number of anilines is 1. The number of carbonyl (C=O) groups excluding carboxylic acids is 1. The number of thiazole rings is 1. The minimum atomic E-state index is -0.200. The summed E-state index contributed by atoms with van der Waals surface area (Å²) in [6, 6.07) is 3.43. The maximum absolute atomic E-state index is 11.7. The lowest BCUT2D eigenvalue weighted by molar-refractivity contribution is 0.102. The second-order valence-electron chi connectivity index (χ2n) is 3.12. The van der Waals surface area contributed by atoms with Gasteiger partial charge in [-0.25, -0.2) is 9.97 Å². The van der Waals surface area contributed by atoms with E-state index in [0.29, 0.717) is 15.3 Å². The molecule has 0 aliphatic carbocycles. The normalized spacial score (nSPS) is 10.1. The van der Waals surface area contributed by atoms with Crippen LogP contribution in [0.25, 0.3) is 0 Å². The number of halogens is 1. The highest BCUT2D eigenvalue weighted by Gasteiger charge is 2.08. The van der Waals surface area contributed by atoms with E-state index in [1.807, 2.05) is 12.3 Å². The Labute approximate surface area is 105 Å². The maximum atomic E-state index is 11.7. The van der Waals surface area contributed by atoms with Crippen molar-refractivity contribution in [2.75, 3.05) is 5.32 Å². The van der Waals surface area contributed by atoms with Crippen LogP contribution in [-0.2, 0) is 0 Å². The van der Waals surface area contributed by atoms with Crippen LogP contribution in [0.15, 0.2) is 28.3 Å². The van der Waals surface area contributed by atoms with E-state index in [0.717, 1.165) is 5.69 Å². The van der Waals surface area contributed by atoms with Crippen molar-refractivity contribution in [2.24, 2.45) is 0 Å². The third-order valence-corrected chi connectivity index (χ3v) is 3.17. The number of aryl methyl sites for hydroxylation is 1. The number of rotatable bonds is 2. The molecule has 0 unspecified atom stereocenters. The van der Waals surface area contributed by atoms with E-state index in [-0.39, 0.29) is 5.91 Å². The highest BCUT2D eigenvalue weighted by Crippen LogP contribution is 2.15. The van der Waals surface area contributed by atoms with E-state index in [2.05, 4.69) is 31.2 Å². The molecule has 0 atom stereocenters. The fourth-order valence-corrected chi connectivity index (χ4v) is 2.01. The van der Waals surface area contributed by atoms with Crippen LogP contribution < -0.4 is 5.32 Å². The van der Waals surface area contributed by atoms with Gasteiger partial charge in [0.15, 0.2) is 5.13 Å². The summed E-state index contributed by atoms with van der Waals surface area (Å²) in [4.78, 5) is 19.9. The summed E-state index contributed by atoms with van der Waals surface area (Å²) >= 11 is 4.61. The number of nitrogens with one attached hydrogen (secondary N) is 1. The summed E-state index contributed by atoms with van der Waals surface area (Å²) < 4.78 is 0.703. The molecule has 1 amide bonds. The van der Waals surface area contributed by atoms with Crippen molar-refractivity contribution in [2.45, 2.75) is 6.92 Å². The van der Waals surface area contributed by atoms with Gasteiger partial charge in [-0.15, -0.1) is 11.3 Å². The summed E-state index contributed by atoms with van der Waals surface area (Å²) in [6.07, 6.45) is 1.51. The maximum Gasteiger partial charge on any atom is 0.259 e. The highest BCUT2D eigenvalue weighted by atomic mass is 79.9. The SMILES string of the molecule is Cc1csc(NC(=O)c2ccc(Br)nc2)n1. The molecular weight excluding hydrogens is 290 g/mol. The third-order valence-electron chi connectivity index (χ3n) is 1.83. The van der Waals surface area contributed by atoms with Gasteiger partial charge < -0.3 is 0 Å². The molecule has 0 saturated carbocycles. The Morgan fingerprint density at radius 1 is 1.50 bits per heavy atom. The quantitative estimate of drug-likeness (QED) is 0.867. The van der Waals surface area contributed by atoms with E-state index < -0.39 is 0 Å². The Bertz CT molecular complexity index is 509. The van der Waals surface area contributed by atoms with Crippen LogP contribution in [0.5, 0.6) is 0 Å². The predicted molar refractivity (Wildman–Crippen MR) is 66.7 cm³/mol. The molecule has 6 heteroatoms. The van der Waals surface area contributed by atoms with Crippen LogP contribution in [0.3, 0.4) is 0 Å². The molecular formula is C10H8BrN3OS. The van der Waals surface area contributed by atoms with E-state index in [1.54, 1.807) is 12.1 Å². The van der Waals surface area contributed by atoms with E-state index in [1.165, 1.54) is 17.5 Å². The number of hydrogen-bond donors (Lipinski definition) is 1. The van der Waals surface area contributed by atoms with Gasteiger partial charge in [-0.1, -0.05) is 0 Å². The average molecular weight is 298 g/mol. The van der Waals surface area contributed by atoms with E-state index in [9.17, 15) is 4.79 Å². The van der Waals surface area contributed by atoms with Gasteiger partial charge in [0.05, 0.1) is 11.3 Å². The molecule has 1 N–H and O–H groups in total. The summed E-state index contributed by atoms with van der Waals surface area (Å²) in [5, 5.41) is 5.20. The Morgan fingerprint density at radius 2 is 2.31 bits per heavy atom. The first-order chi connectivity index (χ1) is 7.65. The molecule has 82 valence electrons. The van der Waals surface area contributed by atoms with Crippen molar-refractivity contribution in [1.29, 1.82) is 0 Å². The van der Waals surface area contributed by atoms with E-state index >= 15 is 0 Å². The minimum Gasteiger partial charge on any atom is -0.298 e. The second kappa shape index (κ2) is 4.71. The zero-order valence-electron chi connectivity index (χ0n) is 8.40. The molecule has 16 heavy (non-hydrogen) atoms. The zero-order chi connectivity index (χ0) is 11.5. The number of pyridine rings is 1. The van der Waals surface area contributed by atoms with Gasteiger partial charge in [-0.3, -0.25) is 10.1 Å². The summed E-state index contributed by atoms with van der Waals surface area (Å²) in [6.45, 7) is 1.88. The molecule has 2 aromatic heterocycles. The van der Waals surface area contributed by atoms with Crippen LogP contribution in [0.1, 0.15) is 16.1 Å². The number of amides is 1. The monoisotopic (exact) mass is 297 g/mol. The molecule has 2 heterocycles. The number of carbonyl (C=O) groups is 1. The molecule has 0 aliphatic heterocycles. The molecule has 0 aromatic carbocycles. The first kappa shape index (κ1) is 11.2. The van der Waals surface area contributed by atoms with Gasteiger partial charge in [-0.2, -0.15) is 0 Å². The van der Waals surface area contributed by atoms with Gasteiger partial charge in [0, 0.05) is 11.6 Å². The summed E-state index contributed by atoms with van der Waals surface area (Å²) in [5.41, 5.74) is 1.41. The summed E-state index contributed by atoms with van der Waals surface area (Å²) in [7, 11) is 0. The molecule has 0 bridgehead atoms. The fourth-order valence-electron chi connectivity index (χ4n) is 1.09. The molecule has 0 aliphatic rings. The van der Waals surface area contributed by atoms with Crippen LogP contribution in [0, 0.1) is 6.92 Å². The third kappa shape index (κ3) is 2.65. The lowest BCUT2D eigenvalue weighted by Crippen LogP contribution is -2.11. The van der Waals surface area contributed by atoms with Gasteiger partial charge in [0.2, 0.25) is 0 Å². The summed E-state index contributed by atoms with van der Waals surface area (Å²) in [5.74, 6) is -0.200. The molecule has 2 aromatic rings. The van der Waals surface area contributed by atoms with Crippen molar-refractivity contribution in [3.8, 4) is 0 Å². The van der Waals surface area contributed by atoms with Crippen molar-refractivity contribution in [3.63, 3.8) is 0 Å². The van der Waals surface area contributed by atoms with Gasteiger partial charge in [0.1, 0.15) is 4.60 Å². The van der Waals surface area contributed by atoms with E-state index in [4.69, 9.17) is 0 Å². The Hall–Kier alpha value is -1.27. The standard InChI is InChI=1S/C10H8BrN3OS/c1-6-5-16-10(13-6)14-9(15)7-2-3-8(11)12-4-7/h2-5H,1H3,(H,13,14,15). The minimum absolute atomic E-state index is 0.200. The number of nitrogens with zero attached hydrogens (tertiary/aromatic N) is 2. The van der Waals surface area contributed by atoms with Crippen molar-refractivity contribution >= 4 is 38.3 Å². The van der Waals surface area contributed by atoms with Crippen molar-refractivity contribution in [3.05, 3.63) is 39.6 Å². The topological polar surface area (TPSA) is 54.9 Å². The van der Waals surface area contributed by atoms with Crippen LogP contribution in [0.2, 0.25) is 0 Å². The van der Waals surface area contributed by atoms with Gasteiger partial charge in [-0.05, 0) is 35.0 Å². The number of hydrogen-bond acceptors (Lipinski definition) is 4. The smallest absolute Gasteiger partial charge is 0.259 e. The first-order valence-corrected chi connectivity index (χ1v) is 6.17. The van der Waals surface area contributed by atoms with Crippen LogP contribution >= 0.6 is 27.3 Å². The Morgan fingerprint density at radius 3 is 2.88 bits per heavy atom. The largest absolute Gasteiger partial charge is 0.298 e. The molecule has 0 spiro atoms. The Kier molecular flexibility index (Phi) is 3.31. The first-order valence-electron chi connectivity index (χ1n) is 4.50. The molecule has 0 fully saturated rings. The van der Waals surface area contributed by atoms with Crippen molar-refractivity contribution < 1.29 is 4.79 Å². The lowest BCUT2D eigenvalue weighted by atomic mass is 10.3. The van der Waals surface area contributed by atoms with Gasteiger partial charge >= 0.3 is 0 Å². The highest BCUT2D eigenvalue weighted by molar-refractivity contribution is 9.10. The Balaban J connectivity index is 2.11. The predicted octanol–water partition coefficient (Wildman–Crippen LogP) is 2.86. The zero-order valence-corrected chi connectivity index (χ0v) is 10.8.